The van der Waals surface area contributed by atoms with Crippen molar-refractivity contribution in [3.63, 3.8) is 0 Å². The molecule has 0 unspecified atom stereocenters. The Morgan fingerprint density at radius 3 is 2.38 bits per heavy atom. The van der Waals surface area contributed by atoms with Gasteiger partial charge in [-0.3, -0.25) is 25.2 Å². The minimum absolute atomic E-state index is 0.169. The Hall–Kier alpha value is -3.09. The first kappa shape index (κ1) is 19.0. The zero-order valence-electron chi connectivity index (χ0n) is 13.7. The molecule has 0 fully saturated rings. The van der Waals surface area contributed by atoms with E-state index >= 15 is 0 Å². The summed E-state index contributed by atoms with van der Waals surface area (Å²) in [5, 5.41) is 2.41. The lowest BCUT2D eigenvalue weighted by molar-refractivity contribution is -0.140. The summed E-state index contributed by atoms with van der Waals surface area (Å²) in [6.45, 7) is 7.42. The van der Waals surface area contributed by atoms with Crippen molar-refractivity contribution in [2.24, 2.45) is 0 Å². The Kier molecular flexibility index (Phi) is 7.77. The molecule has 7 heteroatoms. The third-order valence-corrected chi connectivity index (χ3v) is 2.60. The third kappa shape index (κ3) is 7.26. The predicted molar refractivity (Wildman–Crippen MR) is 90.7 cm³/mol. The Morgan fingerprint density at radius 1 is 1.12 bits per heavy atom. The van der Waals surface area contributed by atoms with E-state index < -0.39 is 17.7 Å². The van der Waals surface area contributed by atoms with Gasteiger partial charge in [-0.15, -0.1) is 0 Å². The molecule has 1 aromatic rings. The second kappa shape index (κ2) is 9.83. The first-order valence-electron chi connectivity index (χ1n) is 7.35. The van der Waals surface area contributed by atoms with Crippen LogP contribution in [-0.2, 0) is 14.4 Å². The zero-order chi connectivity index (χ0) is 17.9. The normalized spacial score (nSPS) is 10.3. The average Bonchev–Trinajstić information content (AvgIpc) is 2.56. The summed E-state index contributed by atoms with van der Waals surface area (Å²) in [5.41, 5.74) is 4.93. The summed E-state index contributed by atoms with van der Waals surface area (Å²) in [7, 11) is 0. The fraction of sp³-hybridized carbons (Fsp3) is 0.235. The van der Waals surface area contributed by atoms with E-state index in [4.69, 9.17) is 4.74 Å². The number of carbonyl (C=O) groups excluding carboxylic acids is 3. The van der Waals surface area contributed by atoms with Crippen LogP contribution in [0.2, 0.25) is 0 Å². The minimum Gasteiger partial charge on any atom is -0.490 e. The topological polar surface area (TPSA) is 96.5 Å². The summed E-state index contributed by atoms with van der Waals surface area (Å²) in [6, 6.07) is 6.91. The predicted octanol–water partition coefficient (Wildman–Crippen LogP) is 0.937. The van der Waals surface area contributed by atoms with Crippen LogP contribution in [0.1, 0.15) is 19.4 Å². The van der Waals surface area contributed by atoms with E-state index in [0.29, 0.717) is 12.4 Å². The molecule has 0 radical (unpaired) electrons. The number of hydrogen-bond donors (Lipinski definition) is 3. The lowest BCUT2D eigenvalue weighted by Crippen LogP contribution is -2.49. The highest BCUT2D eigenvalue weighted by Crippen LogP contribution is 2.13. The van der Waals surface area contributed by atoms with Crippen molar-refractivity contribution < 1.29 is 19.1 Å². The van der Waals surface area contributed by atoms with Gasteiger partial charge in [-0.1, -0.05) is 24.8 Å². The molecule has 24 heavy (non-hydrogen) atoms. The molecule has 7 nitrogen and oxygen atoms in total. The maximum atomic E-state index is 11.6. The molecule has 0 bridgehead atoms. The number of benzene rings is 1. The number of amides is 3. The molecule has 0 saturated heterocycles. The Morgan fingerprint density at radius 2 is 1.79 bits per heavy atom. The quantitative estimate of drug-likeness (QED) is 0.313. The molecule has 1 aromatic carbocycles. The molecule has 0 aliphatic carbocycles. The summed E-state index contributed by atoms with van der Waals surface area (Å²) in [5.74, 6) is -1.62. The SMILES string of the molecule is C=CCOc1ccc(/C=C/C(=O)NNC(=O)C(=O)NC(C)C)cc1. The Labute approximate surface area is 140 Å². The van der Waals surface area contributed by atoms with Crippen molar-refractivity contribution in [1.29, 1.82) is 0 Å². The average molecular weight is 331 g/mol. The smallest absolute Gasteiger partial charge is 0.327 e. The minimum atomic E-state index is -0.936. The maximum absolute atomic E-state index is 11.6. The van der Waals surface area contributed by atoms with Crippen molar-refractivity contribution in [3.8, 4) is 5.75 Å². The van der Waals surface area contributed by atoms with Gasteiger partial charge in [0.05, 0.1) is 0 Å². The second-order valence-corrected chi connectivity index (χ2v) is 5.07. The molecule has 3 amide bonds. The van der Waals surface area contributed by atoms with E-state index in [1.165, 1.54) is 6.08 Å². The number of hydrogen-bond acceptors (Lipinski definition) is 4. The van der Waals surface area contributed by atoms with Crippen molar-refractivity contribution in [2.45, 2.75) is 19.9 Å². The number of nitrogens with one attached hydrogen (secondary N) is 3. The van der Waals surface area contributed by atoms with E-state index in [2.05, 4.69) is 17.3 Å². The highest BCUT2D eigenvalue weighted by atomic mass is 16.5. The van der Waals surface area contributed by atoms with Gasteiger partial charge in [0.1, 0.15) is 12.4 Å². The van der Waals surface area contributed by atoms with Crippen LogP contribution >= 0.6 is 0 Å². The summed E-state index contributed by atoms with van der Waals surface area (Å²) in [6.07, 6.45) is 4.45. The molecule has 0 aliphatic rings. The number of carbonyl (C=O) groups is 3. The lowest BCUT2D eigenvalue weighted by Gasteiger charge is -2.08. The number of ether oxygens (including phenoxy) is 1. The van der Waals surface area contributed by atoms with Crippen LogP contribution in [0, 0.1) is 0 Å². The molecular formula is C17H21N3O4. The molecule has 0 heterocycles. The van der Waals surface area contributed by atoms with E-state index in [1.807, 2.05) is 5.43 Å². The van der Waals surface area contributed by atoms with E-state index in [9.17, 15) is 14.4 Å². The van der Waals surface area contributed by atoms with Crippen molar-refractivity contribution in [1.82, 2.24) is 16.2 Å². The first-order chi connectivity index (χ1) is 11.4. The van der Waals surface area contributed by atoms with Gasteiger partial charge in [0, 0.05) is 12.1 Å². The van der Waals surface area contributed by atoms with Gasteiger partial charge in [0.15, 0.2) is 0 Å². The molecule has 0 atom stereocenters. The summed E-state index contributed by atoms with van der Waals surface area (Å²) in [4.78, 5) is 34.3. The van der Waals surface area contributed by atoms with Crippen LogP contribution in [0.15, 0.2) is 43.0 Å². The van der Waals surface area contributed by atoms with Crippen LogP contribution in [-0.4, -0.2) is 30.4 Å². The van der Waals surface area contributed by atoms with Gasteiger partial charge in [-0.2, -0.15) is 0 Å². The van der Waals surface area contributed by atoms with Crippen LogP contribution in [0.4, 0.5) is 0 Å². The summed E-state index contributed by atoms with van der Waals surface area (Å²) < 4.78 is 5.34. The molecule has 128 valence electrons. The highest BCUT2D eigenvalue weighted by molar-refractivity contribution is 6.35. The molecule has 0 spiro atoms. The standard InChI is InChI=1S/C17H21N3O4/c1-4-11-24-14-8-5-13(6-9-14)7-10-15(21)19-20-17(23)16(22)18-12(2)3/h4-10,12H,1,11H2,2-3H3,(H,18,22)(H,19,21)(H,20,23)/b10-7+. The largest absolute Gasteiger partial charge is 0.490 e. The molecule has 3 N–H and O–H groups in total. The molecule has 0 saturated carbocycles. The van der Waals surface area contributed by atoms with Gasteiger partial charge >= 0.3 is 11.8 Å². The van der Waals surface area contributed by atoms with Crippen LogP contribution in [0.5, 0.6) is 5.75 Å². The van der Waals surface area contributed by atoms with E-state index in [0.717, 1.165) is 5.56 Å². The van der Waals surface area contributed by atoms with Crippen molar-refractivity contribution in [3.05, 3.63) is 48.6 Å². The molecule has 0 aromatic heterocycles. The third-order valence-electron chi connectivity index (χ3n) is 2.60. The fourth-order valence-electron chi connectivity index (χ4n) is 1.55. The molecule has 0 aliphatic heterocycles. The first-order valence-corrected chi connectivity index (χ1v) is 7.35. The van der Waals surface area contributed by atoms with Gasteiger partial charge in [0.2, 0.25) is 0 Å². The van der Waals surface area contributed by atoms with Crippen molar-refractivity contribution >= 4 is 23.8 Å². The molecular weight excluding hydrogens is 310 g/mol. The van der Waals surface area contributed by atoms with Gasteiger partial charge in [0.25, 0.3) is 5.91 Å². The van der Waals surface area contributed by atoms with Crippen molar-refractivity contribution in [2.75, 3.05) is 6.61 Å². The van der Waals surface area contributed by atoms with Crippen LogP contribution < -0.4 is 20.9 Å². The highest BCUT2D eigenvalue weighted by Gasteiger charge is 2.14. The lowest BCUT2D eigenvalue weighted by atomic mass is 10.2. The monoisotopic (exact) mass is 331 g/mol. The second-order valence-electron chi connectivity index (χ2n) is 5.07. The summed E-state index contributed by atoms with van der Waals surface area (Å²) >= 11 is 0. The maximum Gasteiger partial charge on any atom is 0.327 e. The Balaban J connectivity index is 2.44. The zero-order valence-corrected chi connectivity index (χ0v) is 13.7. The van der Waals surface area contributed by atoms with Gasteiger partial charge in [-0.25, -0.2) is 0 Å². The number of rotatable bonds is 6. The van der Waals surface area contributed by atoms with Crippen LogP contribution in [0.3, 0.4) is 0 Å². The number of hydrazine groups is 1. The van der Waals surface area contributed by atoms with E-state index in [-0.39, 0.29) is 6.04 Å². The van der Waals surface area contributed by atoms with Gasteiger partial charge < -0.3 is 10.1 Å². The Bertz CT molecular complexity index is 621. The fourth-order valence-corrected chi connectivity index (χ4v) is 1.55. The van der Waals surface area contributed by atoms with Gasteiger partial charge in [-0.05, 0) is 37.6 Å². The van der Waals surface area contributed by atoms with E-state index in [1.54, 1.807) is 50.3 Å². The molecule has 1 rings (SSSR count). The van der Waals surface area contributed by atoms with Crippen LogP contribution in [0.25, 0.3) is 6.08 Å².